The van der Waals surface area contributed by atoms with Gasteiger partial charge in [0.2, 0.25) is 11.7 Å². The largest absolute Gasteiger partial charge is 0.397 e. The maximum absolute atomic E-state index is 13.2. The number of hydrogen-bond acceptors (Lipinski definition) is 4. The highest BCUT2D eigenvalue weighted by atomic mass is 19.4. The van der Waals surface area contributed by atoms with E-state index in [0.717, 1.165) is 0 Å². The summed E-state index contributed by atoms with van der Waals surface area (Å²) in [5.41, 5.74) is 1.03. The van der Waals surface area contributed by atoms with E-state index in [2.05, 4.69) is 14.7 Å². The standard InChI is InChI=1S/C17H16F5N3O2/c1-16(18,19)15-23-14(24-27-15)11-4-2-10(3-5-11)9-25(12-6-7-12)13(26)8-17(20,21)22/h2-5,12H,6-9H2,1H3. The zero-order chi connectivity index (χ0) is 19.8. The van der Waals surface area contributed by atoms with Gasteiger partial charge in [0.15, 0.2) is 0 Å². The van der Waals surface area contributed by atoms with Crippen molar-refractivity contribution in [2.75, 3.05) is 0 Å². The Morgan fingerprint density at radius 2 is 1.81 bits per heavy atom. The van der Waals surface area contributed by atoms with Crippen molar-refractivity contribution in [1.29, 1.82) is 0 Å². The molecule has 2 aromatic rings. The molecule has 1 aromatic heterocycles. The fourth-order valence-corrected chi connectivity index (χ4v) is 2.56. The Bertz CT molecular complexity index is 807. The predicted octanol–water partition coefficient (Wildman–Crippen LogP) is 4.29. The van der Waals surface area contributed by atoms with Crippen LogP contribution in [0.4, 0.5) is 22.0 Å². The summed E-state index contributed by atoms with van der Waals surface area (Å²) in [6, 6.07) is 6.08. The molecule has 5 nitrogen and oxygen atoms in total. The Morgan fingerprint density at radius 3 is 2.30 bits per heavy atom. The highest BCUT2D eigenvalue weighted by Crippen LogP contribution is 2.32. The minimum Gasteiger partial charge on any atom is -0.335 e. The minimum atomic E-state index is -4.55. The second-order valence-corrected chi connectivity index (χ2v) is 6.55. The van der Waals surface area contributed by atoms with Crippen LogP contribution >= 0.6 is 0 Å². The van der Waals surface area contributed by atoms with E-state index in [1.54, 1.807) is 12.1 Å². The lowest BCUT2D eigenvalue weighted by Crippen LogP contribution is -2.35. The van der Waals surface area contributed by atoms with Crippen LogP contribution in [-0.4, -0.2) is 33.2 Å². The topological polar surface area (TPSA) is 59.2 Å². The number of nitrogens with zero attached hydrogens (tertiary/aromatic N) is 3. The van der Waals surface area contributed by atoms with Gasteiger partial charge in [-0.1, -0.05) is 29.4 Å². The van der Waals surface area contributed by atoms with Gasteiger partial charge in [-0.25, -0.2) is 0 Å². The molecule has 0 radical (unpaired) electrons. The highest BCUT2D eigenvalue weighted by molar-refractivity contribution is 5.77. The van der Waals surface area contributed by atoms with Crippen molar-refractivity contribution in [1.82, 2.24) is 15.0 Å². The third-order valence-corrected chi connectivity index (χ3v) is 4.03. The van der Waals surface area contributed by atoms with Crippen LogP contribution in [0.15, 0.2) is 28.8 Å². The van der Waals surface area contributed by atoms with E-state index in [4.69, 9.17) is 0 Å². The molecule has 1 fully saturated rings. The Labute approximate surface area is 151 Å². The van der Waals surface area contributed by atoms with Crippen molar-refractivity contribution in [3.8, 4) is 11.4 Å². The van der Waals surface area contributed by atoms with E-state index in [0.29, 0.717) is 30.9 Å². The molecule has 10 heteroatoms. The van der Waals surface area contributed by atoms with E-state index >= 15 is 0 Å². The van der Waals surface area contributed by atoms with E-state index in [9.17, 15) is 26.7 Å². The fourth-order valence-electron chi connectivity index (χ4n) is 2.56. The quantitative estimate of drug-likeness (QED) is 0.692. The maximum atomic E-state index is 13.2. The predicted molar refractivity (Wildman–Crippen MR) is 83.5 cm³/mol. The van der Waals surface area contributed by atoms with Gasteiger partial charge in [-0.2, -0.15) is 26.9 Å². The molecule has 0 unspecified atom stereocenters. The summed E-state index contributed by atoms with van der Waals surface area (Å²) in [6.07, 6.45) is -4.68. The lowest BCUT2D eigenvalue weighted by molar-refractivity contribution is -0.162. The summed E-state index contributed by atoms with van der Waals surface area (Å²) in [5, 5.41) is 3.49. The second kappa shape index (κ2) is 6.90. The summed E-state index contributed by atoms with van der Waals surface area (Å²) in [5.74, 6) is -5.04. The fraction of sp³-hybridized carbons (Fsp3) is 0.471. The summed E-state index contributed by atoms with van der Waals surface area (Å²) in [7, 11) is 0. The molecule has 146 valence electrons. The van der Waals surface area contributed by atoms with Gasteiger partial charge in [0, 0.05) is 25.1 Å². The lowest BCUT2D eigenvalue weighted by atomic mass is 10.1. The molecular formula is C17H16F5N3O2. The molecule has 0 N–H and O–H groups in total. The molecule has 27 heavy (non-hydrogen) atoms. The molecule has 0 bridgehead atoms. The first-order valence-corrected chi connectivity index (χ1v) is 8.20. The summed E-state index contributed by atoms with van der Waals surface area (Å²) >= 11 is 0. The Kier molecular flexibility index (Phi) is 4.92. The van der Waals surface area contributed by atoms with Crippen LogP contribution in [0.1, 0.15) is 37.6 Å². The summed E-state index contributed by atoms with van der Waals surface area (Å²) < 4.78 is 68.3. The summed E-state index contributed by atoms with van der Waals surface area (Å²) in [6.45, 7) is 0.683. The number of halogens is 5. The molecule has 1 heterocycles. The number of carbonyl (C=O) groups is 1. The average molecular weight is 389 g/mol. The van der Waals surface area contributed by atoms with E-state index < -0.39 is 30.3 Å². The Morgan fingerprint density at radius 1 is 1.19 bits per heavy atom. The molecule has 1 aliphatic carbocycles. The highest BCUT2D eigenvalue weighted by Gasteiger charge is 2.39. The monoisotopic (exact) mass is 389 g/mol. The Balaban J connectivity index is 1.71. The number of carbonyl (C=O) groups excluding carboxylic acids is 1. The van der Waals surface area contributed by atoms with Crippen molar-refractivity contribution in [3.63, 3.8) is 0 Å². The van der Waals surface area contributed by atoms with Crippen molar-refractivity contribution in [3.05, 3.63) is 35.7 Å². The number of aromatic nitrogens is 2. The minimum absolute atomic E-state index is 0.0229. The van der Waals surface area contributed by atoms with Gasteiger partial charge in [-0.15, -0.1) is 0 Å². The van der Waals surface area contributed by atoms with Crippen LogP contribution < -0.4 is 0 Å². The van der Waals surface area contributed by atoms with Crippen LogP contribution in [0.2, 0.25) is 0 Å². The normalized spacial score (nSPS) is 15.0. The Hall–Kier alpha value is -2.52. The van der Waals surface area contributed by atoms with Crippen molar-refractivity contribution in [2.24, 2.45) is 0 Å². The van der Waals surface area contributed by atoms with Crippen molar-refractivity contribution >= 4 is 5.91 Å². The first-order valence-electron chi connectivity index (χ1n) is 8.20. The number of hydrogen-bond donors (Lipinski definition) is 0. The van der Waals surface area contributed by atoms with Crippen molar-refractivity contribution < 1.29 is 31.3 Å². The van der Waals surface area contributed by atoms with Gasteiger partial charge >= 0.3 is 12.1 Å². The molecule has 1 aliphatic rings. The smallest absolute Gasteiger partial charge is 0.335 e. The van der Waals surface area contributed by atoms with Gasteiger partial charge in [-0.3, -0.25) is 4.79 Å². The molecule has 0 saturated heterocycles. The average Bonchev–Trinajstić information content (AvgIpc) is 3.25. The molecule has 0 aliphatic heterocycles. The molecular weight excluding hydrogens is 373 g/mol. The number of alkyl halides is 5. The van der Waals surface area contributed by atoms with Crippen LogP contribution in [0, 0.1) is 0 Å². The van der Waals surface area contributed by atoms with Crippen LogP contribution in [0.25, 0.3) is 11.4 Å². The van der Waals surface area contributed by atoms with Gasteiger partial charge < -0.3 is 9.42 Å². The molecule has 0 spiro atoms. The molecule has 1 amide bonds. The molecule has 1 aromatic carbocycles. The van der Waals surface area contributed by atoms with Crippen molar-refractivity contribution in [2.45, 2.75) is 50.9 Å². The van der Waals surface area contributed by atoms with Crippen LogP contribution in [-0.2, 0) is 17.3 Å². The van der Waals surface area contributed by atoms with Crippen LogP contribution in [0.3, 0.4) is 0 Å². The number of rotatable bonds is 6. The molecule has 3 rings (SSSR count). The molecule has 1 saturated carbocycles. The SMILES string of the molecule is CC(F)(F)c1nc(-c2ccc(CN(C(=O)CC(F)(F)F)C3CC3)cc2)no1. The zero-order valence-electron chi connectivity index (χ0n) is 14.3. The van der Waals surface area contributed by atoms with Gasteiger partial charge in [0.25, 0.3) is 5.89 Å². The third-order valence-electron chi connectivity index (χ3n) is 4.03. The number of amides is 1. The molecule has 0 atom stereocenters. The first kappa shape index (κ1) is 19.2. The third kappa shape index (κ3) is 5.01. The van der Waals surface area contributed by atoms with Crippen LogP contribution in [0.5, 0.6) is 0 Å². The zero-order valence-corrected chi connectivity index (χ0v) is 14.3. The van der Waals surface area contributed by atoms with Gasteiger partial charge in [0.1, 0.15) is 6.42 Å². The van der Waals surface area contributed by atoms with Gasteiger partial charge in [-0.05, 0) is 18.4 Å². The maximum Gasteiger partial charge on any atom is 0.397 e. The lowest BCUT2D eigenvalue weighted by Gasteiger charge is -2.23. The van der Waals surface area contributed by atoms with E-state index in [1.165, 1.54) is 17.0 Å². The first-order chi connectivity index (χ1) is 12.5. The van der Waals surface area contributed by atoms with E-state index in [-0.39, 0.29) is 18.4 Å². The van der Waals surface area contributed by atoms with E-state index in [1.807, 2.05) is 0 Å². The van der Waals surface area contributed by atoms with Gasteiger partial charge in [0.05, 0.1) is 0 Å². The summed E-state index contributed by atoms with van der Waals surface area (Å²) in [4.78, 5) is 16.8. The second-order valence-electron chi connectivity index (χ2n) is 6.55. The number of benzene rings is 1.